The van der Waals surface area contributed by atoms with Crippen molar-refractivity contribution in [3.8, 4) is 0 Å². The molecule has 2 aromatic heterocycles. The van der Waals surface area contributed by atoms with Crippen molar-refractivity contribution in [3.63, 3.8) is 0 Å². The number of nitrogens with two attached hydrogens (primary N) is 1. The summed E-state index contributed by atoms with van der Waals surface area (Å²) in [5, 5.41) is 9.39. The lowest BCUT2D eigenvalue weighted by Gasteiger charge is -2.26. The number of aromatic amines is 1. The van der Waals surface area contributed by atoms with E-state index >= 15 is 0 Å². The van der Waals surface area contributed by atoms with Crippen LogP contribution in [0.15, 0.2) is 48.7 Å². The number of carbonyl (C=O) groups excluding carboxylic acids is 1. The predicted molar refractivity (Wildman–Crippen MR) is 138 cm³/mol. The third kappa shape index (κ3) is 5.02. The Morgan fingerprint density at radius 3 is 2.34 bits per heavy atom. The number of amides is 1. The molecule has 0 aliphatic carbocycles. The van der Waals surface area contributed by atoms with Crippen LogP contribution in [0, 0.1) is 5.82 Å². The van der Waals surface area contributed by atoms with Crippen LogP contribution in [0.5, 0.6) is 0 Å². The number of halogens is 5. The first-order valence-electron chi connectivity index (χ1n) is 11.4. The molecule has 0 aliphatic rings. The number of benzene rings is 2. The molecule has 4 rings (SSSR count). The Hall–Kier alpha value is -3.37. The van der Waals surface area contributed by atoms with Gasteiger partial charge in [0.15, 0.2) is 5.82 Å². The summed E-state index contributed by atoms with van der Waals surface area (Å²) in [6, 6.07) is 9.23. The number of H-pyrrole nitrogens is 1. The minimum absolute atomic E-state index is 0.0315. The molecule has 0 saturated heterocycles. The summed E-state index contributed by atoms with van der Waals surface area (Å²) in [5.41, 5.74) is 4.24. The van der Waals surface area contributed by atoms with Crippen LogP contribution in [0.4, 0.5) is 17.6 Å². The van der Waals surface area contributed by atoms with E-state index in [0.29, 0.717) is 10.4 Å². The van der Waals surface area contributed by atoms with Gasteiger partial charge in [-0.15, -0.1) is 11.3 Å². The molecule has 11 heteroatoms. The third-order valence-corrected chi connectivity index (χ3v) is 8.21. The van der Waals surface area contributed by atoms with E-state index in [1.807, 2.05) is 26.8 Å². The summed E-state index contributed by atoms with van der Waals surface area (Å²) < 4.78 is 55.3. The van der Waals surface area contributed by atoms with Gasteiger partial charge in [-0.25, -0.2) is 9.18 Å². The van der Waals surface area contributed by atoms with Crippen LogP contribution >= 0.6 is 22.9 Å². The van der Waals surface area contributed by atoms with Gasteiger partial charge in [0.1, 0.15) is 5.56 Å². The van der Waals surface area contributed by atoms with Crippen molar-refractivity contribution in [1.82, 2.24) is 4.98 Å². The molecule has 4 aromatic rings. The van der Waals surface area contributed by atoms with Gasteiger partial charge in [0.2, 0.25) is 5.91 Å². The maximum Gasteiger partial charge on any atom is 0.416 e. The number of carboxylic acid groups (broad SMARTS) is 1. The normalized spacial score (nSPS) is 14.0. The Morgan fingerprint density at radius 2 is 1.79 bits per heavy atom. The molecule has 0 spiro atoms. The number of hydrogen-bond donors (Lipinski definition) is 3. The smallest absolute Gasteiger partial charge is 0.416 e. The highest BCUT2D eigenvalue weighted by Crippen LogP contribution is 2.47. The zero-order chi connectivity index (χ0) is 28.2. The molecule has 0 saturated carbocycles. The lowest BCUT2D eigenvalue weighted by molar-refractivity contribution is -0.137. The third-order valence-electron chi connectivity index (χ3n) is 6.34. The number of alkyl halides is 3. The molecule has 5 nitrogen and oxygen atoms in total. The number of aromatic nitrogens is 1. The standard InChI is InChI=1S/C27H23ClF4N2O3S/c1-26(2,3)18-8-7-17(38-18)20(19(24(33)35)12-5-4-6-13(9-12)27(30,31)32)15-11-34-23-14(15)10-16(28)22(29)21(23)25(36)37/h4-11,19-20,34H,1-3H3,(H2,33,35)(H,36,37). The lowest BCUT2D eigenvalue weighted by Crippen LogP contribution is -2.27. The molecule has 0 bridgehead atoms. The van der Waals surface area contributed by atoms with Crippen molar-refractivity contribution in [2.75, 3.05) is 0 Å². The fraction of sp³-hybridized carbons (Fsp3) is 0.259. The van der Waals surface area contributed by atoms with E-state index in [-0.39, 0.29) is 21.9 Å². The average molecular weight is 567 g/mol. The molecule has 38 heavy (non-hydrogen) atoms. The molecule has 2 atom stereocenters. The molecular formula is C27H23ClF4N2O3S. The molecule has 0 aliphatic heterocycles. The summed E-state index contributed by atoms with van der Waals surface area (Å²) in [7, 11) is 0. The number of carbonyl (C=O) groups is 2. The first-order valence-corrected chi connectivity index (χ1v) is 12.6. The summed E-state index contributed by atoms with van der Waals surface area (Å²) in [6.45, 7) is 5.97. The van der Waals surface area contributed by atoms with Gasteiger partial charge >= 0.3 is 12.1 Å². The van der Waals surface area contributed by atoms with Gasteiger partial charge in [0.25, 0.3) is 0 Å². The van der Waals surface area contributed by atoms with Crippen LogP contribution in [0.2, 0.25) is 5.02 Å². The van der Waals surface area contributed by atoms with Crippen molar-refractivity contribution in [2.45, 2.75) is 44.2 Å². The SMILES string of the molecule is CC(C)(C)c1ccc(C(c2c[nH]c3c(C(=O)O)c(F)c(Cl)cc23)C(C(N)=O)c2cccc(C(F)(F)F)c2)s1. The first-order chi connectivity index (χ1) is 17.6. The summed E-state index contributed by atoms with van der Waals surface area (Å²) >= 11 is 7.40. The topological polar surface area (TPSA) is 96.2 Å². The Kier molecular flexibility index (Phi) is 7.09. The zero-order valence-electron chi connectivity index (χ0n) is 20.4. The second-order valence-electron chi connectivity index (χ2n) is 9.95. The van der Waals surface area contributed by atoms with Crippen LogP contribution in [-0.4, -0.2) is 22.0 Å². The van der Waals surface area contributed by atoms with Gasteiger partial charge < -0.3 is 15.8 Å². The van der Waals surface area contributed by atoms with Crippen molar-refractivity contribution >= 4 is 45.7 Å². The quantitative estimate of drug-likeness (QED) is 0.212. The maximum absolute atomic E-state index is 14.6. The van der Waals surface area contributed by atoms with Crippen LogP contribution in [0.25, 0.3) is 10.9 Å². The van der Waals surface area contributed by atoms with Crippen LogP contribution in [0.3, 0.4) is 0 Å². The van der Waals surface area contributed by atoms with Crippen molar-refractivity contribution < 1.29 is 32.3 Å². The van der Waals surface area contributed by atoms with Gasteiger partial charge in [-0.05, 0) is 40.8 Å². The molecule has 4 N–H and O–H groups in total. The van der Waals surface area contributed by atoms with E-state index in [0.717, 1.165) is 17.0 Å². The lowest BCUT2D eigenvalue weighted by atomic mass is 9.79. The monoisotopic (exact) mass is 566 g/mol. The van der Waals surface area contributed by atoms with Crippen molar-refractivity contribution in [2.24, 2.45) is 5.73 Å². The minimum Gasteiger partial charge on any atom is -0.478 e. The Balaban J connectivity index is 2.04. The number of carboxylic acids is 1. The summed E-state index contributed by atoms with van der Waals surface area (Å²) in [6.07, 6.45) is -3.24. The van der Waals surface area contributed by atoms with Gasteiger partial charge in [-0.3, -0.25) is 4.79 Å². The second kappa shape index (κ2) is 9.74. The average Bonchev–Trinajstić information content (AvgIpc) is 3.45. The largest absolute Gasteiger partial charge is 0.478 e. The second-order valence-corrected chi connectivity index (χ2v) is 11.5. The number of nitrogens with one attached hydrogen (secondary N) is 1. The van der Waals surface area contributed by atoms with E-state index in [9.17, 15) is 32.3 Å². The molecule has 0 fully saturated rings. The number of thiophene rings is 1. The molecule has 0 radical (unpaired) electrons. The summed E-state index contributed by atoms with van der Waals surface area (Å²) in [4.78, 5) is 29.1. The van der Waals surface area contributed by atoms with Gasteiger partial charge in [-0.2, -0.15) is 13.2 Å². The molecule has 2 aromatic carbocycles. The molecule has 2 heterocycles. The fourth-order valence-electron chi connectivity index (χ4n) is 4.54. The van der Waals surface area contributed by atoms with Gasteiger partial charge in [0.05, 0.1) is 22.0 Å². The van der Waals surface area contributed by atoms with E-state index in [2.05, 4.69) is 4.98 Å². The zero-order valence-corrected chi connectivity index (χ0v) is 22.0. The van der Waals surface area contributed by atoms with E-state index < -0.39 is 51.9 Å². The van der Waals surface area contributed by atoms with E-state index in [1.54, 1.807) is 6.07 Å². The molecule has 200 valence electrons. The van der Waals surface area contributed by atoms with Gasteiger partial charge in [-0.1, -0.05) is 50.6 Å². The minimum atomic E-state index is -4.65. The number of fused-ring (bicyclic) bond motifs is 1. The van der Waals surface area contributed by atoms with Crippen molar-refractivity contribution in [3.05, 3.63) is 91.5 Å². The van der Waals surface area contributed by atoms with E-state index in [4.69, 9.17) is 17.3 Å². The Morgan fingerprint density at radius 1 is 1.11 bits per heavy atom. The highest BCUT2D eigenvalue weighted by atomic mass is 35.5. The molecule has 2 unspecified atom stereocenters. The fourth-order valence-corrected chi connectivity index (χ4v) is 5.96. The highest BCUT2D eigenvalue weighted by molar-refractivity contribution is 7.12. The van der Waals surface area contributed by atoms with Crippen LogP contribution < -0.4 is 5.73 Å². The van der Waals surface area contributed by atoms with Crippen LogP contribution in [0.1, 0.15) is 69.4 Å². The first kappa shape index (κ1) is 27.7. The number of aromatic carboxylic acids is 1. The summed E-state index contributed by atoms with van der Waals surface area (Å²) in [5.74, 6) is -5.79. The maximum atomic E-state index is 14.6. The number of hydrogen-bond acceptors (Lipinski definition) is 3. The number of primary amides is 1. The number of rotatable bonds is 6. The predicted octanol–water partition coefficient (Wildman–Crippen LogP) is 7.44. The van der Waals surface area contributed by atoms with Crippen LogP contribution in [-0.2, 0) is 16.4 Å². The van der Waals surface area contributed by atoms with Crippen molar-refractivity contribution in [1.29, 1.82) is 0 Å². The Labute approximate surface area is 224 Å². The Bertz CT molecular complexity index is 1550. The molecule has 1 amide bonds. The van der Waals surface area contributed by atoms with E-state index in [1.165, 1.54) is 35.7 Å². The highest BCUT2D eigenvalue weighted by Gasteiger charge is 2.37. The molecular weight excluding hydrogens is 544 g/mol. The van der Waals surface area contributed by atoms with Gasteiger partial charge in [0, 0.05) is 27.3 Å².